The second kappa shape index (κ2) is 9.63. The van der Waals surface area contributed by atoms with E-state index in [0.717, 1.165) is 25.9 Å². The molecule has 23 heavy (non-hydrogen) atoms. The molecular formula is C18H28FN3O. The van der Waals surface area contributed by atoms with Crippen molar-refractivity contribution in [2.75, 3.05) is 45.8 Å². The molecule has 0 saturated carbocycles. The van der Waals surface area contributed by atoms with Crippen molar-refractivity contribution in [3.8, 4) is 0 Å². The van der Waals surface area contributed by atoms with Crippen molar-refractivity contribution in [1.82, 2.24) is 15.1 Å². The third-order valence-corrected chi connectivity index (χ3v) is 4.44. The minimum absolute atomic E-state index is 0.194. The van der Waals surface area contributed by atoms with Gasteiger partial charge < -0.3 is 15.1 Å². The smallest absolute Gasteiger partial charge is 0.251 e. The van der Waals surface area contributed by atoms with Crippen LogP contribution >= 0.6 is 0 Å². The number of carbonyl (C=O) groups excluding carboxylic acids is 1. The van der Waals surface area contributed by atoms with Gasteiger partial charge in [-0.05, 0) is 44.1 Å². The highest BCUT2D eigenvalue weighted by atomic mass is 19.1. The van der Waals surface area contributed by atoms with Gasteiger partial charge in [0.1, 0.15) is 5.82 Å². The van der Waals surface area contributed by atoms with E-state index in [2.05, 4.69) is 22.0 Å². The van der Waals surface area contributed by atoms with Crippen LogP contribution in [0, 0.1) is 5.82 Å². The van der Waals surface area contributed by atoms with Crippen molar-refractivity contribution in [2.24, 2.45) is 0 Å². The first kappa shape index (κ1) is 17.9. The van der Waals surface area contributed by atoms with Gasteiger partial charge in [-0.15, -0.1) is 0 Å². The maximum atomic E-state index is 13.1. The van der Waals surface area contributed by atoms with Gasteiger partial charge >= 0.3 is 0 Å². The van der Waals surface area contributed by atoms with Crippen LogP contribution < -0.4 is 5.32 Å². The molecule has 0 aromatic heterocycles. The van der Waals surface area contributed by atoms with E-state index < -0.39 is 0 Å². The molecule has 2 rings (SSSR count). The molecule has 128 valence electrons. The summed E-state index contributed by atoms with van der Waals surface area (Å²) in [6.07, 6.45) is 3.25. The fourth-order valence-electron chi connectivity index (χ4n) is 2.90. The first-order chi connectivity index (χ1) is 11.2. The molecule has 0 atom stereocenters. The van der Waals surface area contributed by atoms with E-state index in [-0.39, 0.29) is 11.7 Å². The summed E-state index contributed by atoms with van der Waals surface area (Å²) in [5, 5.41) is 2.85. The molecule has 1 aliphatic heterocycles. The lowest BCUT2D eigenvalue weighted by atomic mass is 10.2. The van der Waals surface area contributed by atoms with Crippen LogP contribution in [0.1, 0.15) is 36.5 Å². The van der Waals surface area contributed by atoms with Crippen LogP contribution in [0.25, 0.3) is 0 Å². The van der Waals surface area contributed by atoms with Crippen LogP contribution in [0.15, 0.2) is 24.3 Å². The van der Waals surface area contributed by atoms with E-state index in [0.29, 0.717) is 12.1 Å². The Bertz CT molecular complexity index is 487. The van der Waals surface area contributed by atoms with Crippen molar-refractivity contribution < 1.29 is 9.18 Å². The zero-order valence-corrected chi connectivity index (χ0v) is 14.1. The van der Waals surface area contributed by atoms with Crippen molar-refractivity contribution in [3.05, 3.63) is 35.6 Å². The summed E-state index contributed by atoms with van der Waals surface area (Å²) in [6, 6.07) is 5.80. The summed E-state index contributed by atoms with van der Waals surface area (Å²) < 4.78 is 13.1. The number of nitrogens with one attached hydrogen (secondary N) is 1. The zero-order chi connectivity index (χ0) is 16.5. The first-order valence-electron chi connectivity index (χ1n) is 8.67. The lowest BCUT2D eigenvalue weighted by Crippen LogP contribution is -2.46. The molecule has 1 aromatic rings. The van der Waals surface area contributed by atoms with Crippen LogP contribution in [-0.4, -0.2) is 61.5 Å². The number of hydrogen-bond donors (Lipinski definition) is 1. The molecule has 0 radical (unpaired) electrons. The summed E-state index contributed by atoms with van der Waals surface area (Å²) in [6.45, 7) is 9.87. The minimum Gasteiger partial charge on any atom is -0.352 e. The van der Waals surface area contributed by atoms with E-state index in [9.17, 15) is 9.18 Å². The summed E-state index contributed by atoms with van der Waals surface area (Å²) in [5.41, 5.74) is 0.388. The zero-order valence-electron chi connectivity index (χ0n) is 14.1. The molecule has 0 unspecified atom stereocenters. The summed E-state index contributed by atoms with van der Waals surface area (Å²) in [4.78, 5) is 16.9. The average molecular weight is 321 g/mol. The Labute approximate surface area is 138 Å². The van der Waals surface area contributed by atoms with E-state index in [1.165, 1.54) is 44.7 Å². The molecule has 1 amide bonds. The average Bonchev–Trinajstić information content (AvgIpc) is 2.58. The van der Waals surface area contributed by atoms with Gasteiger partial charge in [-0.1, -0.05) is 19.4 Å². The number of likely N-dealkylation sites (N-methyl/N-ethyl adjacent to an activating group) is 1. The van der Waals surface area contributed by atoms with Gasteiger partial charge in [0.05, 0.1) is 0 Å². The van der Waals surface area contributed by atoms with E-state index >= 15 is 0 Å². The molecule has 0 aliphatic carbocycles. The van der Waals surface area contributed by atoms with Gasteiger partial charge in [0.15, 0.2) is 0 Å². The van der Waals surface area contributed by atoms with E-state index in [1.54, 1.807) is 12.1 Å². The molecule has 1 aliphatic rings. The highest BCUT2D eigenvalue weighted by Gasteiger charge is 2.14. The highest BCUT2D eigenvalue weighted by molar-refractivity contribution is 5.94. The maximum absolute atomic E-state index is 13.1. The summed E-state index contributed by atoms with van der Waals surface area (Å²) in [5.74, 6) is -0.569. The van der Waals surface area contributed by atoms with Gasteiger partial charge in [0.25, 0.3) is 5.91 Å². The molecule has 1 aromatic carbocycles. The Morgan fingerprint density at radius 3 is 2.57 bits per heavy atom. The van der Waals surface area contributed by atoms with Crippen LogP contribution in [-0.2, 0) is 0 Å². The number of amides is 1. The predicted molar refractivity (Wildman–Crippen MR) is 91.1 cm³/mol. The van der Waals surface area contributed by atoms with Gasteiger partial charge in [-0.25, -0.2) is 4.39 Å². The Kier molecular flexibility index (Phi) is 7.49. The third kappa shape index (κ3) is 6.28. The molecule has 4 nitrogen and oxygen atoms in total. The number of carbonyl (C=O) groups is 1. The van der Waals surface area contributed by atoms with Gasteiger partial charge in [-0.3, -0.25) is 4.79 Å². The van der Waals surface area contributed by atoms with E-state index in [4.69, 9.17) is 0 Å². The second-order valence-electron chi connectivity index (χ2n) is 6.10. The van der Waals surface area contributed by atoms with Crippen LogP contribution in [0.3, 0.4) is 0 Å². The monoisotopic (exact) mass is 321 g/mol. The number of nitrogens with zero attached hydrogens (tertiary/aromatic N) is 2. The Balaban J connectivity index is 1.52. The number of rotatable bonds is 8. The minimum atomic E-state index is -0.374. The van der Waals surface area contributed by atoms with Crippen molar-refractivity contribution >= 4 is 5.91 Å². The van der Waals surface area contributed by atoms with Gasteiger partial charge in [0, 0.05) is 38.3 Å². The first-order valence-corrected chi connectivity index (χ1v) is 8.67. The Morgan fingerprint density at radius 2 is 1.87 bits per heavy atom. The summed E-state index contributed by atoms with van der Waals surface area (Å²) in [7, 11) is 0. The lowest BCUT2D eigenvalue weighted by molar-refractivity contribution is 0.0952. The Hall–Kier alpha value is -1.46. The second-order valence-corrected chi connectivity index (χ2v) is 6.10. The topological polar surface area (TPSA) is 35.6 Å². The number of halogens is 1. The van der Waals surface area contributed by atoms with Crippen LogP contribution in [0.5, 0.6) is 0 Å². The molecule has 1 saturated heterocycles. The molecule has 1 N–H and O–H groups in total. The van der Waals surface area contributed by atoms with Crippen molar-refractivity contribution in [1.29, 1.82) is 0 Å². The number of benzene rings is 1. The maximum Gasteiger partial charge on any atom is 0.251 e. The number of piperazine rings is 1. The van der Waals surface area contributed by atoms with E-state index in [1.807, 2.05) is 0 Å². The molecule has 1 heterocycles. The van der Waals surface area contributed by atoms with Crippen LogP contribution in [0.4, 0.5) is 4.39 Å². The van der Waals surface area contributed by atoms with Gasteiger partial charge in [0.2, 0.25) is 0 Å². The summed E-state index contributed by atoms with van der Waals surface area (Å²) >= 11 is 0. The highest BCUT2D eigenvalue weighted by Crippen LogP contribution is 2.05. The van der Waals surface area contributed by atoms with Crippen LogP contribution in [0.2, 0.25) is 0 Å². The number of hydrogen-bond acceptors (Lipinski definition) is 3. The third-order valence-electron chi connectivity index (χ3n) is 4.44. The molecule has 0 bridgehead atoms. The standard InChI is InChI=1S/C18H28FN3O/c1-2-21-11-13-22(14-12-21)10-5-3-4-9-20-18(23)16-7-6-8-17(19)15-16/h6-8,15H,2-5,9-14H2,1H3,(H,20,23). The predicted octanol–water partition coefficient (Wildman–Crippen LogP) is 2.36. The normalized spacial score (nSPS) is 16.4. The largest absolute Gasteiger partial charge is 0.352 e. The van der Waals surface area contributed by atoms with Crippen molar-refractivity contribution in [3.63, 3.8) is 0 Å². The van der Waals surface area contributed by atoms with Gasteiger partial charge in [-0.2, -0.15) is 0 Å². The number of unbranched alkanes of at least 4 members (excludes halogenated alkanes) is 2. The molecular weight excluding hydrogens is 293 g/mol. The lowest BCUT2D eigenvalue weighted by Gasteiger charge is -2.33. The fraction of sp³-hybridized carbons (Fsp3) is 0.611. The molecule has 1 fully saturated rings. The fourth-order valence-corrected chi connectivity index (χ4v) is 2.90. The quantitative estimate of drug-likeness (QED) is 0.747. The Morgan fingerprint density at radius 1 is 1.13 bits per heavy atom. The SMILES string of the molecule is CCN1CCN(CCCCCNC(=O)c2cccc(F)c2)CC1. The molecule has 0 spiro atoms. The molecule has 5 heteroatoms. The van der Waals surface area contributed by atoms with Crippen molar-refractivity contribution in [2.45, 2.75) is 26.2 Å².